The number of halogens is 3. The maximum absolute atomic E-state index is 12.6. The Morgan fingerprint density at radius 3 is 2.42 bits per heavy atom. The van der Waals surface area contributed by atoms with Crippen molar-refractivity contribution in [3.63, 3.8) is 0 Å². The molecule has 0 fully saturated rings. The third-order valence-corrected chi connectivity index (χ3v) is 2.45. The van der Waals surface area contributed by atoms with E-state index >= 15 is 0 Å². The third kappa shape index (κ3) is 3.47. The number of anilines is 1. The lowest BCUT2D eigenvalue weighted by molar-refractivity contribution is -0.170. The van der Waals surface area contributed by atoms with E-state index in [2.05, 4.69) is 13.2 Å². The standard InChI is InChI=1S/C14H14F3NO/c1-4-9-18(13(19)14(15,16)17)12-8-6-5-7-11(12)10(2)3/h4-8H,1-2,9H2,3H3. The summed E-state index contributed by atoms with van der Waals surface area (Å²) < 4.78 is 37.8. The second-order valence-corrected chi connectivity index (χ2v) is 4.00. The smallest absolute Gasteiger partial charge is 0.300 e. The molecule has 1 aromatic carbocycles. The van der Waals surface area contributed by atoms with Crippen LogP contribution in [-0.4, -0.2) is 18.6 Å². The van der Waals surface area contributed by atoms with Gasteiger partial charge in [-0.2, -0.15) is 13.2 Å². The Morgan fingerprint density at radius 2 is 1.95 bits per heavy atom. The van der Waals surface area contributed by atoms with Crippen LogP contribution in [0.2, 0.25) is 0 Å². The van der Waals surface area contributed by atoms with Crippen LogP contribution < -0.4 is 4.90 Å². The van der Waals surface area contributed by atoms with Crippen LogP contribution in [0.5, 0.6) is 0 Å². The average Bonchev–Trinajstić information content (AvgIpc) is 2.34. The van der Waals surface area contributed by atoms with Crippen molar-refractivity contribution in [3.8, 4) is 0 Å². The van der Waals surface area contributed by atoms with E-state index in [4.69, 9.17) is 0 Å². The SMILES string of the molecule is C=CCN(C(=O)C(F)(F)F)c1ccccc1C(=C)C. The molecule has 0 atom stereocenters. The summed E-state index contributed by atoms with van der Waals surface area (Å²) in [6, 6.07) is 6.33. The zero-order valence-corrected chi connectivity index (χ0v) is 10.5. The summed E-state index contributed by atoms with van der Waals surface area (Å²) >= 11 is 0. The lowest BCUT2D eigenvalue weighted by Gasteiger charge is -2.25. The Labute approximate surface area is 109 Å². The first-order valence-electron chi connectivity index (χ1n) is 5.53. The van der Waals surface area contributed by atoms with Crippen LogP contribution in [0.3, 0.4) is 0 Å². The molecule has 0 bridgehead atoms. The highest BCUT2D eigenvalue weighted by molar-refractivity contribution is 5.99. The molecule has 1 amide bonds. The predicted octanol–water partition coefficient (Wildman–Crippen LogP) is 3.80. The van der Waals surface area contributed by atoms with Crippen molar-refractivity contribution in [2.24, 2.45) is 0 Å². The van der Waals surface area contributed by atoms with Gasteiger partial charge in [-0.15, -0.1) is 6.58 Å². The zero-order valence-electron chi connectivity index (χ0n) is 10.5. The molecule has 0 aliphatic rings. The molecule has 19 heavy (non-hydrogen) atoms. The van der Waals surface area contributed by atoms with Gasteiger partial charge in [0, 0.05) is 12.1 Å². The van der Waals surface area contributed by atoms with E-state index in [1.54, 1.807) is 25.1 Å². The number of carbonyl (C=O) groups is 1. The van der Waals surface area contributed by atoms with Crippen LogP contribution in [0.1, 0.15) is 12.5 Å². The molecule has 0 spiro atoms. The first kappa shape index (κ1) is 15.0. The highest BCUT2D eigenvalue weighted by atomic mass is 19.4. The molecule has 0 N–H and O–H groups in total. The fourth-order valence-corrected chi connectivity index (χ4v) is 1.64. The van der Waals surface area contributed by atoms with Gasteiger partial charge < -0.3 is 4.90 Å². The Morgan fingerprint density at radius 1 is 1.37 bits per heavy atom. The maximum Gasteiger partial charge on any atom is 0.471 e. The van der Waals surface area contributed by atoms with E-state index in [-0.39, 0.29) is 12.2 Å². The Bertz CT molecular complexity index is 506. The molecule has 0 saturated carbocycles. The Kier molecular flexibility index (Phi) is 4.53. The van der Waals surface area contributed by atoms with Crippen LogP contribution in [0, 0.1) is 0 Å². The lowest BCUT2D eigenvalue weighted by atomic mass is 10.1. The van der Waals surface area contributed by atoms with Crippen LogP contribution in [0.15, 0.2) is 43.5 Å². The highest BCUT2D eigenvalue weighted by Gasteiger charge is 2.43. The number of hydrogen-bond donors (Lipinski definition) is 0. The van der Waals surface area contributed by atoms with Crippen LogP contribution in [0.25, 0.3) is 5.57 Å². The first-order chi connectivity index (χ1) is 8.79. The third-order valence-electron chi connectivity index (χ3n) is 2.45. The minimum absolute atomic E-state index is 0.178. The fourth-order valence-electron chi connectivity index (χ4n) is 1.64. The Hall–Kier alpha value is -2.04. The van der Waals surface area contributed by atoms with E-state index in [1.165, 1.54) is 12.1 Å². The summed E-state index contributed by atoms with van der Waals surface area (Å²) in [7, 11) is 0. The van der Waals surface area contributed by atoms with Crippen molar-refractivity contribution in [3.05, 3.63) is 49.1 Å². The monoisotopic (exact) mass is 269 g/mol. The molecule has 0 heterocycles. The number of benzene rings is 1. The molecule has 0 aromatic heterocycles. The lowest BCUT2D eigenvalue weighted by Crippen LogP contribution is -2.41. The first-order valence-corrected chi connectivity index (χ1v) is 5.53. The minimum atomic E-state index is -4.93. The summed E-state index contributed by atoms with van der Waals surface area (Å²) in [6.07, 6.45) is -3.68. The normalized spacial score (nSPS) is 10.9. The maximum atomic E-state index is 12.6. The largest absolute Gasteiger partial charge is 0.471 e. The van der Waals surface area contributed by atoms with Gasteiger partial charge in [0.2, 0.25) is 0 Å². The van der Waals surface area contributed by atoms with Crippen LogP contribution >= 0.6 is 0 Å². The molecule has 1 rings (SSSR count). The van der Waals surface area contributed by atoms with E-state index in [9.17, 15) is 18.0 Å². The van der Waals surface area contributed by atoms with Crippen molar-refractivity contribution < 1.29 is 18.0 Å². The van der Waals surface area contributed by atoms with Gasteiger partial charge >= 0.3 is 12.1 Å². The van der Waals surface area contributed by atoms with Crippen molar-refractivity contribution in [1.29, 1.82) is 0 Å². The molecule has 1 aromatic rings. The molecular formula is C14H14F3NO. The van der Waals surface area contributed by atoms with Gasteiger partial charge in [-0.3, -0.25) is 4.79 Å². The zero-order chi connectivity index (χ0) is 14.6. The van der Waals surface area contributed by atoms with Gasteiger partial charge in [-0.05, 0) is 18.6 Å². The summed E-state index contributed by atoms with van der Waals surface area (Å²) in [5.74, 6) is -1.92. The predicted molar refractivity (Wildman–Crippen MR) is 69.8 cm³/mol. The summed E-state index contributed by atoms with van der Waals surface area (Å²) in [6.45, 7) is 8.54. The van der Waals surface area contributed by atoms with Gasteiger partial charge in [-0.25, -0.2) is 0 Å². The van der Waals surface area contributed by atoms with Gasteiger partial charge in [0.15, 0.2) is 0 Å². The van der Waals surface area contributed by atoms with Crippen molar-refractivity contribution in [2.75, 3.05) is 11.4 Å². The average molecular weight is 269 g/mol. The second-order valence-electron chi connectivity index (χ2n) is 4.00. The molecule has 102 valence electrons. The van der Waals surface area contributed by atoms with Crippen molar-refractivity contribution in [2.45, 2.75) is 13.1 Å². The quantitative estimate of drug-likeness (QED) is 0.761. The molecule has 0 unspecified atom stereocenters. The van der Waals surface area contributed by atoms with Gasteiger partial charge in [0.25, 0.3) is 0 Å². The number of para-hydroxylation sites is 1. The molecule has 0 aliphatic heterocycles. The van der Waals surface area contributed by atoms with E-state index in [1.807, 2.05) is 0 Å². The number of amides is 1. The number of alkyl halides is 3. The van der Waals surface area contributed by atoms with Gasteiger partial charge in [0.1, 0.15) is 0 Å². The minimum Gasteiger partial charge on any atom is -0.300 e. The van der Waals surface area contributed by atoms with Gasteiger partial charge in [0.05, 0.1) is 5.69 Å². The second kappa shape index (κ2) is 5.73. The molecule has 0 saturated heterocycles. The highest BCUT2D eigenvalue weighted by Crippen LogP contribution is 2.29. The molecule has 0 radical (unpaired) electrons. The van der Waals surface area contributed by atoms with Crippen LogP contribution in [-0.2, 0) is 4.79 Å². The fraction of sp³-hybridized carbons (Fsp3) is 0.214. The van der Waals surface area contributed by atoms with Gasteiger partial charge in [-0.1, -0.05) is 30.9 Å². The number of carbonyl (C=O) groups excluding carboxylic acids is 1. The van der Waals surface area contributed by atoms with E-state index in [0.29, 0.717) is 16.0 Å². The summed E-state index contributed by atoms with van der Waals surface area (Å²) in [5, 5.41) is 0. The van der Waals surface area contributed by atoms with E-state index < -0.39 is 12.1 Å². The number of nitrogens with zero attached hydrogens (tertiary/aromatic N) is 1. The number of hydrogen-bond acceptors (Lipinski definition) is 1. The van der Waals surface area contributed by atoms with Crippen LogP contribution in [0.4, 0.5) is 18.9 Å². The van der Waals surface area contributed by atoms with Crippen molar-refractivity contribution in [1.82, 2.24) is 0 Å². The summed E-state index contributed by atoms with van der Waals surface area (Å²) in [5.41, 5.74) is 1.26. The molecule has 2 nitrogen and oxygen atoms in total. The summed E-state index contributed by atoms with van der Waals surface area (Å²) in [4.78, 5) is 12.1. The Balaban J connectivity index is 3.31. The molecular weight excluding hydrogens is 255 g/mol. The molecule has 5 heteroatoms. The number of rotatable bonds is 4. The topological polar surface area (TPSA) is 20.3 Å². The van der Waals surface area contributed by atoms with Crippen molar-refractivity contribution >= 4 is 17.2 Å². The number of allylic oxidation sites excluding steroid dienone is 1. The molecule has 0 aliphatic carbocycles. The van der Waals surface area contributed by atoms with E-state index in [0.717, 1.165) is 0 Å².